The number of rotatable bonds is 9. The van der Waals surface area contributed by atoms with Crippen molar-refractivity contribution in [3.63, 3.8) is 0 Å². The molecule has 1 saturated heterocycles. The maximum atomic E-state index is 13.5. The van der Waals surface area contributed by atoms with Crippen molar-refractivity contribution in [1.82, 2.24) is 9.88 Å². The molecule has 4 atom stereocenters. The van der Waals surface area contributed by atoms with E-state index in [0.29, 0.717) is 24.6 Å². The smallest absolute Gasteiger partial charge is 0.225 e. The molecule has 2 heterocycles. The zero-order chi connectivity index (χ0) is 27.4. The maximum Gasteiger partial charge on any atom is 0.225 e. The second-order valence-corrected chi connectivity index (χ2v) is 11.8. The summed E-state index contributed by atoms with van der Waals surface area (Å²) in [5.74, 6) is 0.0804. The number of hydrogen-bond acceptors (Lipinski definition) is 5. The number of hydrogen-bond donors (Lipinski definition) is 2. The third kappa shape index (κ3) is 5.99. The molecular weight excluding hydrogens is 510 g/mol. The number of ether oxygens (including phenoxy) is 1. The van der Waals surface area contributed by atoms with Crippen molar-refractivity contribution in [3.05, 3.63) is 65.3 Å². The van der Waals surface area contributed by atoms with Crippen LogP contribution in [-0.2, 0) is 15.1 Å². The summed E-state index contributed by atoms with van der Waals surface area (Å²) in [5.41, 5.74) is 8.39. The number of methoxy groups -OCH3 is 1. The monoisotopic (exact) mass is 549 g/mol. The number of para-hydroxylation sites is 1. The Morgan fingerprint density at radius 1 is 1.18 bits per heavy atom. The normalized spacial score (nSPS) is 23.2. The molecule has 39 heavy (non-hydrogen) atoms. The zero-order valence-electron chi connectivity index (χ0n) is 22.8. The van der Waals surface area contributed by atoms with Crippen LogP contribution < -0.4 is 5.73 Å². The number of carbonyl (C=O) groups is 1. The van der Waals surface area contributed by atoms with Crippen LogP contribution >= 0.6 is 11.6 Å². The molecule has 2 fully saturated rings. The number of nitrogens with two attached hydrogens (primary N) is 1. The van der Waals surface area contributed by atoms with Gasteiger partial charge in [-0.25, -0.2) is 0 Å². The minimum absolute atomic E-state index is 0.000972. The number of benzene rings is 2. The van der Waals surface area contributed by atoms with Crippen molar-refractivity contribution in [2.45, 2.75) is 63.0 Å². The van der Waals surface area contributed by atoms with Gasteiger partial charge in [-0.2, -0.15) is 0 Å². The number of aliphatic hydroxyl groups is 1. The summed E-state index contributed by atoms with van der Waals surface area (Å²) in [6.45, 7) is 1.91. The van der Waals surface area contributed by atoms with Crippen molar-refractivity contribution < 1.29 is 14.6 Å². The molecule has 7 heteroatoms. The van der Waals surface area contributed by atoms with E-state index in [1.165, 1.54) is 0 Å². The number of likely N-dealkylation sites (tertiary alicyclic amines) is 1. The highest BCUT2D eigenvalue weighted by molar-refractivity contribution is 6.33. The summed E-state index contributed by atoms with van der Waals surface area (Å²) >= 11 is 6.89. The van der Waals surface area contributed by atoms with Crippen molar-refractivity contribution >= 4 is 28.4 Å². The lowest BCUT2D eigenvalue weighted by atomic mass is 9.72. The zero-order valence-corrected chi connectivity index (χ0v) is 23.6. The van der Waals surface area contributed by atoms with Gasteiger partial charge in [0.05, 0.1) is 11.1 Å². The predicted molar refractivity (Wildman–Crippen MR) is 156 cm³/mol. The number of amides is 1. The van der Waals surface area contributed by atoms with Gasteiger partial charge in [0.25, 0.3) is 0 Å². The molecule has 0 radical (unpaired) electrons. The van der Waals surface area contributed by atoms with Gasteiger partial charge >= 0.3 is 0 Å². The van der Waals surface area contributed by atoms with Gasteiger partial charge < -0.3 is 20.5 Å². The van der Waals surface area contributed by atoms with E-state index in [-0.39, 0.29) is 23.8 Å². The molecule has 2 aromatic carbocycles. The highest BCUT2D eigenvalue weighted by atomic mass is 35.5. The van der Waals surface area contributed by atoms with Crippen LogP contribution in [0.15, 0.2) is 54.7 Å². The standard InChI is InChI=1S/C32H40ClN3O3/c1-39-17-5-4-15-32(38,25-9-7-16-36(21-25)31(37)23-13-14-26(34)19-23)27-10-6-11-28(33)30(27)24-18-22-8-2-3-12-29(22)35-20-24/h2-3,6,8,10-12,18,20,23,25-26,38H,4-5,7,9,13-17,19,21,34H2,1H3/t23-,25-,26+,32-/m1/s1. The summed E-state index contributed by atoms with van der Waals surface area (Å²) < 4.78 is 5.30. The average molecular weight is 550 g/mol. The summed E-state index contributed by atoms with van der Waals surface area (Å²) in [6, 6.07) is 16.0. The molecule has 2 aliphatic rings. The lowest BCUT2D eigenvalue weighted by Gasteiger charge is -2.44. The van der Waals surface area contributed by atoms with E-state index in [0.717, 1.165) is 79.1 Å². The van der Waals surface area contributed by atoms with E-state index in [4.69, 9.17) is 22.1 Å². The Hall–Kier alpha value is -2.51. The molecule has 1 aliphatic carbocycles. The van der Waals surface area contributed by atoms with Crippen LogP contribution in [0.4, 0.5) is 0 Å². The molecule has 0 spiro atoms. The van der Waals surface area contributed by atoms with E-state index in [9.17, 15) is 9.90 Å². The first-order valence-electron chi connectivity index (χ1n) is 14.3. The molecule has 1 saturated carbocycles. The van der Waals surface area contributed by atoms with Gasteiger partial charge in [0.2, 0.25) is 5.91 Å². The molecule has 3 aromatic rings. The lowest BCUT2D eigenvalue weighted by Crippen LogP contribution is -2.49. The van der Waals surface area contributed by atoms with Crippen LogP contribution in [0, 0.1) is 11.8 Å². The molecular formula is C32H40ClN3O3. The fourth-order valence-electron chi connectivity index (χ4n) is 6.65. The van der Waals surface area contributed by atoms with Crippen LogP contribution in [0.3, 0.4) is 0 Å². The number of fused-ring (bicyclic) bond motifs is 1. The van der Waals surface area contributed by atoms with Crippen molar-refractivity contribution in [2.24, 2.45) is 17.6 Å². The summed E-state index contributed by atoms with van der Waals surface area (Å²) in [4.78, 5) is 20.1. The molecule has 208 valence electrons. The van der Waals surface area contributed by atoms with Gasteiger partial charge in [0.1, 0.15) is 0 Å². The molecule has 1 amide bonds. The first kappa shape index (κ1) is 28.0. The fourth-order valence-corrected chi connectivity index (χ4v) is 6.94. The summed E-state index contributed by atoms with van der Waals surface area (Å²) in [6.07, 6.45) is 8.28. The third-order valence-electron chi connectivity index (χ3n) is 8.75. The molecule has 5 rings (SSSR count). The van der Waals surface area contributed by atoms with Crippen LogP contribution in [0.5, 0.6) is 0 Å². The van der Waals surface area contributed by atoms with E-state index in [1.807, 2.05) is 53.6 Å². The highest BCUT2D eigenvalue weighted by Gasteiger charge is 2.44. The predicted octanol–water partition coefficient (Wildman–Crippen LogP) is 5.93. The fraction of sp³-hybridized carbons (Fsp3) is 0.500. The SMILES string of the molecule is COCCCC[C@](O)(c1cccc(Cl)c1-c1cnc2ccccc2c1)[C@@H]1CCCN(C(=O)[C@@H]2CC[C@H](N)C2)C1. The van der Waals surface area contributed by atoms with Gasteiger partial charge in [-0.3, -0.25) is 9.78 Å². The van der Waals surface area contributed by atoms with E-state index >= 15 is 0 Å². The minimum Gasteiger partial charge on any atom is -0.385 e. The Balaban J connectivity index is 1.52. The number of pyridine rings is 1. The van der Waals surface area contributed by atoms with Gasteiger partial charge in [-0.05, 0) is 75.1 Å². The number of carbonyl (C=O) groups excluding carboxylic acids is 1. The van der Waals surface area contributed by atoms with E-state index in [1.54, 1.807) is 7.11 Å². The van der Waals surface area contributed by atoms with Crippen LogP contribution in [0.2, 0.25) is 5.02 Å². The molecule has 1 aromatic heterocycles. The first-order chi connectivity index (χ1) is 18.9. The van der Waals surface area contributed by atoms with Gasteiger partial charge in [0.15, 0.2) is 0 Å². The van der Waals surface area contributed by atoms with Crippen molar-refractivity contribution in [1.29, 1.82) is 0 Å². The number of piperidine rings is 1. The third-order valence-corrected chi connectivity index (χ3v) is 9.06. The highest BCUT2D eigenvalue weighted by Crippen LogP contribution is 2.46. The lowest BCUT2D eigenvalue weighted by molar-refractivity contribution is -0.140. The Labute approximate surface area is 236 Å². The van der Waals surface area contributed by atoms with Gasteiger partial charge in [0, 0.05) is 72.4 Å². The Kier molecular flexibility index (Phi) is 8.87. The van der Waals surface area contributed by atoms with E-state index < -0.39 is 5.60 Å². The first-order valence-corrected chi connectivity index (χ1v) is 14.7. The summed E-state index contributed by atoms with van der Waals surface area (Å²) in [5, 5.41) is 14.3. The summed E-state index contributed by atoms with van der Waals surface area (Å²) in [7, 11) is 1.70. The average Bonchev–Trinajstić information content (AvgIpc) is 3.40. The second-order valence-electron chi connectivity index (χ2n) is 11.3. The number of nitrogens with zero attached hydrogens (tertiary/aromatic N) is 2. The number of unbranched alkanes of at least 4 members (excludes halogenated alkanes) is 1. The molecule has 6 nitrogen and oxygen atoms in total. The van der Waals surface area contributed by atoms with Crippen LogP contribution in [-0.4, -0.2) is 53.7 Å². The Morgan fingerprint density at radius 3 is 2.82 bits per heavy atom. The Morgan fingerprint density at radius 2 is 2.03 bits per heavy atom. The van der Waals surface area contributed by atoms with Crippen LogP contribution in [0.1, 0.15) is 56.9 Å². The van der Waals surface area contributed by atoms with E-state index in [2.05, 4.69) is 11.1 Å². The Bertz CT molecular complexity index is 1300. The van der Waals surface area contributed by atoms with Gasteiger partial charge in [-0.15, -0.1) is 0 Å². The molecule has 1 aliphatic heterocycles. The number of aromatic nitrogens is 1. The van der Waals surface area contributed by atoms with Crippen LogP contribution in [0.25, 0.3) is 22.0 Å². The number of halogens is 1. The topological polar surface area (TPSA) is 88.7 Å². The maximum absolute atomic E-state index is 13.5. The van der Waals surface area contributed by atoms with Crippen molar-refractivity contribution in [2.75, 3.05) is 26.8 Å². The molecule has 0 bridgehead atoms. The van der Waals surface area contributed by atoms with Gasteiger partial charge in [-0.1, -0.05) is 41.9 Å². The largest absolute Gasteiger partial charge is 0.385 e. The minimum atomic E-state index is -1.16. The molecule has 3 N–H and O–H groups in total. The molecule has 0 unspecified atom stereocenters. The quantitative estimate of drug-likeness (QED) is 0.323. The van der Waals surface area contributed by atoms with Crippen molar-refractivity contribution in [3.8, 4) is 11.1 Å². The second kappa shape index (κ2) is 12.3.